The number of ether oxygens (including phenoxy) is 1. The van der Waals surface area contributed by atoms with Crippen molar-refractivity contribution in [2.45, 2.75) is 45.1 Å². The molecule has 0 N–H and O–H groups in total. The number of para-hydroxylation sites is 2. The second kappa shape index (κ2) is 7.02. The fraction of sp³-hybridized carbons (Fsp3) is 0.556. The van der Waals surface area contributed by atoms with E-state index < -0.39 is 0 Å². The molecule has 0 spiro atoms. The number of fused-ring (bicyclic) bond motifs is 1. The molecular formula is C18H24N2O3. The number of benzene rings is 1. The van der Waals surface area contributed by atoms with E-state index in [9.17, 15) is 9.59 Å². The first-order chi connectivity index (χ1) is 11.2. The first kappa shape index (κ1) is 15.8. The summed E-state index contributed by atoms with van der Waals surface area (Å²) in [6, 6.07) is 7.76. The number of amides is 2. The molecule has 0 bridgehead atoms. The van der Waals surface area contributed by atoms with Crippen molar-refractivity contribution in [2.75, 3.05) is 24.6 Å². The SMILES string of the molecule is CCC1CCCCN1C(=O)CN1C(=O)CCOc2ccccc21. The Morgan fingerprint density at radius 1 is 1.30 bits per heavy atom. The fourth-order valence-corrected chi connectivity index (χ4v) is 3.47. The molecule has 1 fully saturated rings. The molecule has 124 valence electrons. The van der Waals surface area contributed by atoms with E-state index in [0.717, 1.165) is 25.8 Å². The molecule has 5 nitrogen and oxygen atoms in total. The van der Waals surface area contributed by atoms with Crippen LogP contribution in [0.5, 0.6) is 5.75 Å². The zero-order chi connectivity index (χ0) is 16.2. The molecule has 2 amide bonds. The van der Waals surface area contributed by atoms with Crippen LogP contribution in [0, 0.1) is 0 Å². The lowest BCUT2D eigenvalue weighted by molar-refractivity contribution is -0.134. The van der Waals surface area contributed by atoms with Crippen molar-refractivity contribution in [3.63, 3.8) is 0 Å². The van der Waals surface area contributed by atoms with E-state index in [2.05, 4.69) is 6.92 Å². The highest BCUT2D eigenvalue weighted by Gasteiger charge is 2.30. The fourth-order valence-electron chi connectivity index (χ4n) is 3.47. The highest BCUT2D eigenvalue weighted by atomic mass is 16.5. The molecule has 2 heterocycles. The van der Waals surface area contributed by atoms with Crippen LogP contribution in [-0.2, 0) is 9.59 Å². The van der Waals surface area contributed by atoms with E-state index in [4.69, 9.17) is 4.74 Å². The molecule has 1 atom stereocenters. The third-order valence-corrected chi connectivity index (χ3v) is 4.74. The van der Waals surface area contributed by atoms with Gasteiger partial charge in [-0.1, -0.05) is 19.1 Å². The van der Waals surface area contributed by atoms with Crippen molar-refractivity contribution in [1.82, 2.24) is 4.90 Å². The average molecular weight is 316 g/mol. The molecule has 0 aromatic heterocycles. The Balaban J connectivity index is 1.80. The quantitative estimate of drug-likeness (QED) is 0.861. The number of piperidine rings is 1. The minimum atomic E-state index is -0.0478. The van der Waals surface area contributed by atoms with Gasteiger partial charge in [0.25, 0.3) is 0 Å². The molecule has 1 saturated heterocycles. The normalized spacial score (nSPS) is 21.4. The highest BCUT2D eigenvalue weighted by Crippen LogP contribution is 2.31. The second-order valence-corrected chi connectivity index (χ2v) is 6.19. The van der Waals surface area contributed by atoms with E-state index in [1.165, 1.54) is 6.42 Å². The maximum absolute atomic E-state index is 12.8. The monoisotopic (exact) mass is 316 g/mol. The topological polar surface area (TPSA) is 49.9 Å². The van der Waals surface area contributed by atoms with Gasteiger partial charge in [0, 0.05) is 12.6 Å². The van der Waals surface area contributed by atoms with E-state index in [1.54, 1.807) is 4.90 Å². The lowest BCUT2D eigenvalue weighted by Crippen LogP contribution is -2.49. The summed E-state index contributed by atoms with van der Waals surface area (Å²) < 4.78 is 5.63. The van der Waals surface area contributed by atoms with Crippen molar-refractivity contribution >= 4 is 17.5 Å². The van der Waals surface area contributed by atoms with Crippen LogP contribution >= 0.6 is 0 Å². The lowest BCUT2D eigenvalue weighted by Gasteiger charge is -2.36. The summed E-state index contributed by atoms with van der Waals surface area (Å²) in [6.45, 7) is 3.39. The van der Waals surface area contributed by atoms with Crippen LogP contribution in [0.15, 0.2) is 24.3 Å². The van der Waals surface area contributed by atoms with Gasteiger partial charge in [-0.2, -0.15) is 0 Å². The largest absolute Gasteiger partial charge is 0.491 e. The third-order valence-electron chi connectivity index (χ3n) is 4.74. The molecule has 0 radical (unpaired) electrons. The second-order valence-electron chi connectivity index (χ2n) is 6.19. The van der Waals surface area contributed by atoms with Crippen LogP contribution in [0.3, 0.4) is 0 Å². The average Bonchev–Trinajstić information content (AvgIpc) is 2.74. The molecule has 23 heavy (non-hydrogen) atoms. The van der Waals surface area contributed by atoms with Crippen LogP contribution in [0.2, 0.25) is 0 Å². The summed E-state index contributed by atoms with van der Waals surface area (Å²) in [4.78, 5) is 28.8. The maximum Gasteiger partial charge on any atom is 0.242 e. The molecule has 1 aromatic carbocycles. The van der Waals surface area contributed by atoms with E-state index in [0.29, 0.717) is 30.5 Å². The van der Waals surface area contributed by atoms with E-state index >= 15 is 0 Å². The minimum absolute atomic E-state index is 0.0432. The predicted molar refractivity (Wildman–Crippen MR) is 88.6 cm³/mol. The van der Waals surface area contributed by atoms with Crippen LogP contribution in [-0.4, -0.2) is 42.5 Å². The van der Waals surface area contributed by atoms with Gasteiger partial charge in [-0.05, 0) is 37.8 Å². The molecule has 2 aliphatic rings. The van der Waals surface area contributed by atoms with Crippen molar-refractivity contribution in [3.8, 4) is 5.75 Å². The Morgan fingerprint density at radius 2 is 2.13 bits per heavy atom. The van der Waals surface area contributed by atoms with Crippen LogP contribution in [0.1, 0.15) is 39.0 Å². The van der Waals surface area contributed by atoms with Crippen molar-refractivity contribution in [3.05, 3.63) is 24.3 Å². The number of likely N-dealkylation sites (tertiary alicyclic amines) is 1. The van der Waals surface area contributed by atoms with Crippen molar-refractivity contribution < 1.29 is 14.3 Å². The minimum Gasteiger partial charge on any atom is -0.491 e. The Labute approximate surface area is 137 Å². The zero-order valence-corrected chi connectivity index (χ0v) is 13.7. The Bertz CT molecular complexity index is 587. The number of anilines is 1. The molecule has 1 unspecified atom stereocenters. The summed E-state index contributed by atoms with van der Waals surface area (Å²) in [5, 5.41) is 0. The summed E-state index contributed by atoms with van der Waals surface area (Å²) >= 11 is 0. The number of hydrogen-bond donors (Lipinski definition) is 0. The third kappa shape index (κ3) is 3.33. The molecular weight excluding hydrogens is 292 g/mol. The van der Waals surface area contributed by atoms with Gasteiger partial charge in [-0.15, -0.1) is 0 Å². The molecule has 0 saturated carbocycles. The highest BCUT2D eigenvalue weighted by molar-refractivity contribution is 6.00. The van der Waals surface area contributed by atoms with Crippen LogP contribution < -0.4 is 9.64 Å². The Hall–Kier alpha value is -2.04. The van der Waals surface area contributed by atoms with Gasteiger partial charge in [0.2, 0.25) is 11.8 Å². The van der Waals surface area contributed by atoms with Gasteiger partial charge in [0.15, 0.2) is 0 Å². The van der Waals surface area contributed by atoms with Gasteiger partial charge in [-0.25, -0.2) is 0 Å². The maximum atomic E-state index is 12.8. The first-order valence-electron chi connectivity index (χ1n) is 8.52. The Kier molecular flexibility index (Phi) is 4.84. The van der Waals surface area contributed by atoms with Crippen LogP contribution in [0.4, 0.5) is 5.69 Å². The molecule has 1 aromatic rings. The summed E-state index contributed by atoms with van der Waals surface area (Å²) in [6.07, 6.45) is 4.58. The van der Waals surface area contributed by atoms with Gasteiger partial charge in [0.05, 0.1) is 18.7 Å². The molecule has 2 aliphatic heterocycles. The van der Waals surface area contributed by atoms with E-state index in [-0.39, 0.29) is 18.4 Å². The number of carbonyl (C=O) groups excluding carboxylic acids is 2. The standard InChI is InChI=1S/C18H24N2O3/c1-2-14-7-5-6-11-19(14)18(22)13-20-15-8-3-4-9-16(15)23-12-10-17(20)21/h3-4,8-9,14H,2,5-7,10-13H2,1H3. The van der Waals surface area contributed by atoms with Gasteiger partial charge < -0.3 is 9.64 Å². The van der Waals surface area contributed by atoms with Crippen molar-refractivity contribution in [1.29, 1.82) is 0 Å². The zero-order valence-electron chi connectivity index (χ0n) is 13.7. The van der Waals surface area contributed by atoms with Gasteiger partial charge in [-0.3, -0.25) is 14.5 Å². The smallest absolute Gasteiger partial charge is 0.242 e. The summed E-state index contributed by atoms with van der Waals surface area (Å²) in [5.41, 5.74) is 0.702. The molecule has 3 rings (SSSR count). The number of carbonyl (C=O) groups is 2. The molecule has 5 heteroatoms. The molecule has 0 aliphatic carbocycles. The summed E-state index contributed by atoms with van der Waals surface area (Å²) in [7, 11) is 0. The first-order valence-corrected chi connectivity index (χ1v) is 8.52. The predicted octanol–water partition coefficient (Wildman–Crippen LogP) is 2.59. The summed E-state index contributed by atoms with van der Waals surface area (Å²) in [5.74, 6) is 0.673. The van der Waals surface area contributed by atoms with Crippen molar-refractivity contribution in [2.24, 2.45) is 0 Å². The number of nitrogens with zero attached hydrogens (tertiary/aromatic N) is 2. The Morgan fingerprint density at radius 3 is 2.96 bits per heavy atom. The number of hydrogen-bond acceptors (Lipinski definition) is 3. The van der Waals surface area contributed by atoms with Gasteiger partial charge >= 0.3 is 0 Å². The van der Waals surface area contributed by atoms with Crippen LogP contribution in [0.25, 0.3) is 0 Å². The van der Waals surface area contributed by atoms with Gasteiger partial charge in [0.1, 0.15) is 12.3 Å². The van der Waals surface area contributed by atoms with E-state index in [1.807, 2.05) is 29.2 Å². The number of rotatable bonds is 3. The lowest BCUT2D eigenvalue weighted by atomic mass is 10.00.